The molecule has 1 fully saturated rings. The van der Waals surface area contributed by atoms with Crippen LogP contribution in [-0.2, 0) is 23.7 Å². The summed E-state index contributed by atoms with van der Waals surface area (Å²) in [5.41, 5.74) is 0.171. The zero-order valence-electron chi connectivity index (χ0n) is 22.2. The van der Waals surface area contributed by atoms with Gasteiger partial charge in [-0.2, -0.15) is 8.78 Å². The van der Waals surface area contributed by atoms with Crippen molar-refractivity contribution in [2.45, 2.75) is 109 Å². The van der Waals surface area contributed by atoms with Gasteiger partial charge in [0.25, 0.3) is 0 Å². The molecule has 6 heteroatoms. The standard InChI is InChI=1S/C31H41F5O/c1-3-5-7-9-22-11-14-24(15-12-22)26-17-18-27(30(34)29(26)33)31(35,36)37-20-19-25-16-13-23(21-28(25)32)10-8-6-4-2/h13,16-18,21-22,24H,3-12,14-15,19-20H2,1-2H3/t22-,24-. The van der Waals surface area contributed by atoms with E-state index in [0.717, 1.165) is 69.4 Å². The molecular formula is C31H41F5O. The van der Waals surface area contributed by atoms with Gasteiger partial charge < -0.3 is 4.74 Å². The molecule has 0 N–H and O–H groups in total. The van der Waals surface area contributed by atoms with Crippen molar-refractivity contribution in [1.82, 2.24) is 0 Å². The minimum atomic E-state index is -4.02. The molecule has 1 nitrogen and oxygen atoms in total. The molecule has 206 valence electrons. The summed E-state index contributed by atoms with van der Waals surface area (Å²) >= 11 is 0. The first-order chi connectivity index (χ1) is 17.8. The summed E-state index contributed by atoms with van der Waals surface area (Å²) in [6, 6.07) is 7.01. The van der Waals surface area contributed by atoms with Crippen LogP contribution in [0.4, 0.5) is 22.0 Å². The lowest BCUT2D eigenvalue weighted by molar-refractivity contribution is -0.250. The van der Waals surface area contributed by atoms with E-state index in [9.17, 15) is 22.0 Å². The van der Waals surface area contributed by atoms with E-state index in [-0.39, 0.29) is 23.5 Å². The quantitative estimate of drug-likeness (QED) is 0.176. The number of unbranched alkanes of at least 4 members (excludes halogenated alkanes) is 4. The molecule has 3 rings (SSSR count). The van der Waals surface area contributed by atoms with E-state index in [2.05, 4.69) is 18.6 Å². The van der Waals surface area contributed by atoms with E-state index in [1.165, 1.54) is 31.4 Å². The number of ether oxygens (including phenoxy) is 1. The van der Waals surface area contributed by atoms with E-state index < -0.39 is 35.7 Å². The van der Waals surface area contributed by atoms with E-state index in [4.69, 9.17) is 0 Å². The molecule has 0 unspecified atom stereocenters. The Balaban J connectivity index is 1.57. The molecule has 1 saturated carbocycles. The Kier molecular flexibility index (Phi) is 11.4. The lowest BCUT2D eigenvalue weighted by Crippen LogP contribution is -2.23. The summed E-state index contributed by atoms with van der Waals surface area (Å²) in [5.74, 6) is -2.79. The number of halogens is 5. The molecule has 37 heavy (non-hydrogen) atoms. The van der Waals surface area contributed by atoms with Gasteiger partial charge in [0.15, 0.2) is 11.6 Å². The van der Waals surface area contributed by atoms with Gasteiger partial charge in [-0.05, 0) is 85.6 Å². The van der Waals surface area contributed by atoms with Crippen LogP contribution in [0.5, 0.6) is 0 Å². The molecule has 2 aromatic rings. The molecule has 0 atom stereocenters. The Bertz CT molecular complexity index is 982. The number of benzene rings is 2. The van der Waals surface area contributed by atoms with Gasteiger partial charge in [0.1, 0.15) is 5.82 Å². The van der Waals surface area contributed by atoms with E-state index in [0.29, 0.717) is 5.92 Å². The average molecular weight is 525 g/mol. The Hall–Kier alpha value is -1.95. The second kappa shape index (κ2) is 14.3. The van der Waals surface area contributed by atoms with Gasteiger partial charge >= 0.3 is 6.11 Å². The van der Waals surface area contributed by atoms with Gasteiger partial charge in [0.2, 0.25) is 0 Å². The van der Waals surface area contributed by atoms with Crippen LogP contribution in [-0.4, -0.2) is 6.61 Å². The fourth-order valence-corrected chi connectivity index (χ4v) is 5.44. The minimum absolute atomic E-state index is 0.0969. The number of rotatable bonds is 14. The smallest absolute Gasteiger partial charge is 0.316 e. The van der Waals surface area contributed by atoms with Gasteiger partial charge in [-0.1, -0.05) is 70.6 Å². The maximum Gasteiger partial charge on any atom is 0.386 e. The molecule has 0 amide bonds. The predicted molar refractivity (Wildman–Crippen MR) is 138 cm³/mol. The van der Waals surface area contributed by atoms with Crippen LogP contribution < -0.4 is 0 Å². The van der Waals surface area contributed by atoms with Crippen molar-refractivity contribution in [3.05, 3.63) is 70.0 Å². The van der Waals surface area contributed by atoms with Crippen LogP contribution in [0, 0.1) is 23.4 Å². The van der Waals surface area contributed by atoms with E-state index in [1.807, 2.05) is 0 Å². The van der Waals surface area contributed by atoms with Crippen molar-refractivity contribution in [1.29, 1.82) is 0 Å². The first kappa shape index (κ1) is 29.6. The van der Waals surface area contributed by atoms with Crippen molar-refractivity contribution in [2.75, 3.05) is 6.61 Å². The summed E-state index contributed by atoms with van der Waals surface area (Å²) < 4.78 is 78.1. The number of alkyl halides is 2. The second-order valence-corrected chi connectivity index (χ2v) is 10.5. The number of hydrogen-bond acceptors (Lipinski definition) is 1. The summed E-state index contributed by atoms with van der Waals surface area (Å²) in [6.45, 7) is 3.73. The lowest BCUT2D eigenvalue weighted by Gasteiger charge is -2.29. The van der Waals surface area contributed by atoms with Crippen molar-refractivity contribution in [3.63, 3.8) is 0 Å². The Morgan fingerprint density at radius 1 is 0.811 bits per heavy atom. The van der Waals surface area contributed by atoms with Crippen molar-refractivity contribution < 1.29 is 26.7 Å². The number of hydrogen-bond donors (Lipinski definition) is 0. The predicted octanol–water partition coefficient (Wildman–Crippen LogP) is 10.00. The summed E-state index contributed by atoms with van der Waals surface area (Å²) in [5, 5.41) is 0. The van der Waals surface area contributed by atoms with Gasteiger partial charge in [0, 0.05) is 0 Å². The molecule has 0 aromatic heterocycles. The zero-order chi connectivity index (χ0) is 26.8. The third-order valence-corrected chi connectivity index (χ3v) is 7.77. The highest BCUT2D eigenvalue weighted by Crippen LogP contribution is 2.41. The molecule has 0 bridgehead atoms. The van der Waals surface area contributed by atoms with Crippen molar-refractivity contribution in [2.24, 2.45) is 5.92 Å². The van der Waals surface area contributed by atoms with Crippen molar-refractivity contribution in [3.8, 4) is 0 Å². The topological polar surface area (TPSA) is 9.23 Å². The summed E-state index contributed by atoms with van der Waals surface area (Å²) in [7, 11) is 0. The summed E-state index contributed by atoms with van der Waals surface area (Å²) in [6.07, 6.45) is 7.85. The molecule has 0 saturated heterocycles. The lowest BCUT2D eigenvalue weighted by atomic mass is 9.76. The maximum absolute atomic E-state index is 14.9. The molecule has 2 aromatic carbocycles. The van der Waals surface area contributed by atoms with Gasteiger partial charge in [-0.15, -0.1) is 0 Å². The van der Waals surface area contributed by atoms with Gasteiger partial charge in [-0.25, -0.2) is 13.2 Å². The first-order valence-electron chi connectivity index (χ1n) is 14.0. The Morgan fingerprint density at radius 2 is 1.51 bits per heavy atom. The zero-order valence-corrected chi connectivity index (χ0v) is 22.2. The number of aryl methyl sites for hydroxylation is 1. The monoisotopic (exact) mass is 524 g/mol. The second-order valence-electron chi connectivity index (χ2n) is 10.5. The van der Waals surface area contributed by atoms with Crippen LogP contribution in [0.2, 0.25) is 0 Å². The average Bonchev–Trinajstić information content (AvgIpc) is 2.87. The van der Waals surface area contributed by atoms with Crippen LogP contribution in [0.15, 0.2) is 30.3 Å². The van der Waals surface area contributed by atoms with Crippen LogP contribution in [0.25, 0.3) is 0 Å². The van der Waals surface area contributed by atoms with Gasteiger partial charge in [0.05, 0.1) is 12.2 Å². The third-order valence-electron chi connectivity index (χ3n) is 7.77. The van der Waals surface area contributed by atoms with Gasteiger partial charge in [-0.3, -0.25) is 0 Å². The Labute approximate surface area is 218 Å². The van der Waals surface area contributed by atoms with Crippen LogP contribution in [0.3, 0.4) is 0 Å². The fourth-order valence-electron chi connectivity index (χ4n) is 5.44. The maximum atomic E-state index is 14.9. The molecule has 0 heterocycles. The highest BCUT2D eigenvalue weighted by molar-refractivity contribution is 5.31. The normalized spacial score (nSPS) is 18.4. The molecule has 1 aliphatic carbocycles. The highest BCUT2D eigenvalue weighted by Gasteiger charge is 2.38. The fraction of sp³-hybridized carbons (Fsp3) is 0.613. The third kappa shape index (κ3) is 8.27. The largest absolute Gasteiger partial charge is 0.386 e. The van der Waals surface area contributed by atoms with Crippen LogP contribution in [0.1, 0.15) is 113 Å². The molecular weight excluding hydrogens is 483 g/mol. The van der Waals surface area contributed by atoms with Crippen LogP contribution >= 0.6 is 0 Å². The minimum Gasteiger partial charge on any atom is -0.316 e. The Morgan fingerprint density at radius 3 is 2.19 bits per heavy atom. The van der Waals surface area contributed by atoms with E-state index in [1.54, 1.807) is 12.1 Å². The van der Waals surface area contributed by atoms with E-state index >= 15 is 0 Å². The van der Waals surface area contributed by atoms with Crippen molar-refractivity contribution >= 4 is 0 Å². The molecule has 0 spiro atoms. The highest BCUT2D eigenvalue weighted by atomic mass is 19.3. The first-order valence-corrected chi connectivity index (χ1v) is 14.0. The molecule has 0 radical (unpaired) electrons. The summed E-state index contributed by atoms with van der Waals surface area (Å²) in [4.78, 5) is 0. The molecule has 0 aliphatic heterocycles. The SMILES string of the molecule is CCCCCc1ccc(CCOC(F)(F)c2ccc([C@H]3CC[C@H](CCCCC)CC3)c(F)c2F)c(F)c1. The molecule has 1 aliphatic rings.